The van der Waals surface area contributed by atoms with E-state index >= 15 is 0 Å². The van der Waals surface area contributed by atoms with Gasteiger partial charge in [0.25, 0.3) is 0 Å². The van der Waals surface area contributed by atoms with Crippen LogP contribution in [-0.4, -0.2) is 46.3 Å². The van der Waals surface area contributed by atoms with Crippen molar-refractivity contribution in [2.75, 3.05) is 20.2 Å². The molecule has 0 heterocycles. The first-order chi connectivity index (χ1) is 11.3. The number of rotatable bonds is 8. The SMILES string of the molecule is CN(CCO[Si](C)(C)C(C)(C)C)S(=O)(=O)Cc1cc(CO)ccc1Br. The van der Waals surface area contributed by atoms with Crippen LogP contribution in [0.15, 0.2) is 22.7 Å². The molecule has 25 heavy (non-hydrogen) atoms. The second-order valence-corrected chi connectivity index (χ2v) is 15.5. The average Bonchev–Trinajstić information content (AvgIpc) is 2.47. The summed E-state index contributed by atoms with van der Waals surface area (Å²) in [6.45, 7) is 11.4. The maximum atomic E-state index is 12.6. The van der Waals surface area contributed by atoms with Crippen molar-refractivity contribution in [2.24, 2.45) is 0 Å². The smallest absolute Gasteiger partial charge is 0.218 e. The first-order valence-corrected chi connectivity index (χ1v) is 13.6. The zero-order valence-electron chi connectivity index (χ0n) is 16.0. The highest BCUT2D eigenvalue weighted by Gasteiger charge is 2.37. The molecule has 0 aliphatic carbocycles. The van der Waals surface area contributed by atoms with Crippen LogP contribution in [0.25, 0.3) is 0 Å². The Hall–Kier alpha value is -0.253. The largest absolute Gasteiger partial charge is 0.415 e. The molecule has 1 N–H and O–H groups in total. The summed E-state index contributed by atoms with van der Waals surface area (Å²) in [7, 11) is -3.76. The lowest BCUT2D eigenvalue weighted by Crippen LogP contribution is -2.43. The maximum absolute atomic E-state index is 12.6. The van der Waals surface area contributed by atoms with Crippen molar-refractivity contribution < 1.29 is 18.0 Å². The Morgan fingerprint density at radius 3 is 2.40 bits per heavy atom. The van der Waals surface area contributed by atoms with E-state index in [0.717, 1.165) is 4.47 Å². The molecule has 0 aliphatic rings. The molecule has 5 nitrogen and oxygen atoms in total. The summed E-state index contributed by atoms with van der Waals surface area (Å²) in [6, 6.07) is 5.23. The number of nitrogens with zero attached hydrogens (tertiary/aromatic N) is 1. The van der Waals surface area contributed by atoms with Crippen LogP contribution in [-0.2, 0) is 26.8 Å². The normalized spacial score (nSPS) is 13.5. The van der Waals surface area contributed by atoms with Crippen molar-refractivity contribution in [3.05, 3.63) is 33.8 Å². The summed E-state index contributed by atoms with van der Waals surface area (Å²) < 4.78 is 33.3. The van der Waals surface area contributed by atoms with Gasteiger partial charge in [0.15, 0.2) is 8.32 Å². The highest BCUT2D eigenvalue weighted by molar-refractivity contribution is 9.10. The standard InChI is InChI=1S/C17H30BrNO4SSi/c1-17(2,3)25(5,6)23-10-9-19(4)24(21,22)13-15-11-14(12-20)7-8-16(15)18/h7-8,11,20H,9-10,12-13H2,1-6H3. The fourth-order valence-corrected chi connectivity index (χ4v) is 4.74. The topological polar surface area (TPSA) is 66.8 Å². The number of aliphatic hydroxyl groups excluding tert-OH is 1. The van der Waals surface area contributed by atoms with Gasteiger partial charge >= 0.3 is 0 Å². The molecule has 0 unspecified atom stereocenters. The van der Waals surface area contributed by atoms with Crippen molar-refractivity contribution >= 4 is 34.3 Å². The Labute approximate surface area is 161 Å². The second kappa shape index (κ2) is 8.62. The minimum Gasteiger partial charge on any atom is -0.415 e. The van der Waals surface area contributed by atoms with Gasteiger partial charge in [-0.3, -0.25) is 0 Å². The van der Waals surface area contributed by atoms with Gasteiger partial charge in [-0.25, -0.2) is 12.7 Å². The number of aliphatic hydroxyl groups is 1. The van der Waals surface area contributed by atoms with Crippen molar-refractivity contribution in [1.29, 1.82) is 0 Å². The quantitative estimate of drug-likeness (QED) is 0.611. The van der Waals surface area contributed by atoms with E-state index in [1.807, 2.05) is 0 Å². The molecule has 0 saturated heterocycles. The van der Waals surface area contributed by atoms with Gasteiger partial charge in [0.2, 0.25) is 10.0 Å². The van der Waals surface area contributed by atoms with Crippen molar-refractivity contribution in [3.63, 3.8) is 0 Å². The van der Waals surface area contributed by atoms with Crippen LogP contribution >= 0.6 is 15.9 Å². The molecule has 0 fully saturated rings. The summed E-state index contributed by atoms with van der Waals surface area (Å²) in [5, 5.41) is 9.33. The van der Waals surface area contributed by atoms with Crippen LogP contribution in [0, 0.1) is 0 Å². The van der Waals surface area contributed by atoms with Crippen LogP contribution in [0.2, 0.25) is 18.1 Å². The number of hydrogen-bond donors (Lipinski definition) is 1. The van der Waals surface area contributed by atoms with Crippen molar-refractivity contribution in [2.45, 2.75) is 51.3 Å². The summed E-state index contributed by atoms with van der Waals surface area (Å²) in [5.41, 5.74) is 1.33. The number of benzene rings is 1. The summed E-state index contributed by atoms with van der Waals surface area (Å²) >= 11 is 3.38. The number of sulfonamides is 1. The molecule has 0 atom stereocenters. The summed E-state index contributed by atoms with van der Waals surface area (Å²) in [6.07, 6.45) is 0. The van der Waals surface area contributed by atoms with Gasteiger partial charge in [0, 0.05) is 24.7 Å². The zero-order chi connectivity index (χ0) is 19.5. The van der Waals surface area contributed by atoms with Gasteiger partial charge in [-0.1, -0.05) is 48.8 Å². The minimum absolute atomic E-state index is 0.0973. The van der Waals surface area contributed by atoms with E-state index in [1.165, 1.54) is 4.31 Å². The second-order valence-electron chi connectivity index (χ2n) is 7.77. The van der Waals surface area contributed by atoms with Crippen LogP contribution < -0.4 is 0 Å². The molecular formula is C17H30BrNO4SSi. The van der Waals surface area contributed by atoms with Crippen LogP contribution in [0.1, 0.15) is 31.9 Å². The Bertz CT molecular complexity index is 686. The van der Waals surface area contributed by atoms with Gasteiger partial charge in [-0.2, -0.15) is 0 Å². The van der Waals surface area contributed by atoms with Crippen LogP contribution in [0.5, 0.6) is 0 Å². The number of hydrogen-bond acceptors (Lipinski definition) is 4. The molecule has 0 radical (unpaired) electrons. The van der Waals surface area contributed by atoms with E-state index in [-0.39, 0.29) is 17.4 Å². The minimum atomic E-state index is -3.46. The fraction of sp³-hybridized carbons (Fsp3) is 0.647. The molecule has 1 aromatic rings. The molecule has 0 aromatic heterocycles. The van der Waals surface area contributed by atoms with Crippen LogP contribution in [0.4, 0.5) is 0 Å². The molecule has 144 valence electrons. The molecule has 0 saturated carbocycles. The highest BCUT2D eigenvalue weighted by atomic mass is 79.9. The fourth-order valence-electron chi connectivity index (χ4n) is 1.93. The first kappa shape index (κ1) is 22.8. The van der Waals surface area contributed by atoms with Gasteiger partial charge in [-0.05, 0) is 35.3 Å². The molecule has 0 amide bonds. The van der Waals surface area contributed by atoms with E-state index in [9.17, 15) is 13.5 Å². The third kappa shape index (κ3) is 6.44. The Morgan fingerprint density at radius 1 is 1.28 bits per heavy atom. The van der Waals surface area contributed by atoms with Crippen molar-refractivity contribution in [1.82, 2.24) is 4.31 Å². The molecule has 8 heteroatoms. The van der Waals surface area contributed by atoms with Gasteiger partial charge in [-0.15, -0.1) is 0 Å². The lowest BCUT2D eigenvalue weighted by Gasteiger charge is -2.36. The predicted molar refractivity (Wildman–Crippen MR) is 108 cm³/mol. The molecule has 1 aromatic carbocycles. The third-order valence-electron chi connectivity index (χ3n) is 4.78. The zero-order valence-corrected chi connectivity index (χ0v) is 19.4. The summed E-state index contributed by atoms with van der Waals surface area (Å²) in [4.78, 5) is 0. The van der Waals surface area contributed by atoms with Gasteiger partial charge in [0.1, 0.15) is 0 Å². The van der Waals surface area contributed by atoms with E-state index in [0.29, 0.717) is 24.3 Å². The molecule has 0 bridgehead atoms. The van der Waals surface area contributed by atoms with Crippen LogP contribution in [0.3, 0.4) is 0 Å². The van der Waals surface area contributed by atoms with E-state index in [4.69, 9.17) is 4.43 Å². The monoisotopic (exact) mass is 451 g/mol. The summed E-state index contributed by atoms with van der Waals surface area (Å²) in [5.74, 6) is -0.113. The highest BCUT2D eigenvalue weighted by Crippen LogP contribution is 2.36. The number of likely N-dealkylation sites (N-methyl/N-ethyl adjacent to an activating group) is 1. The number of halogens is 1. The Morgan fingerprint density at radius 2 is 1.88 bits per heavy atom. The third-order valence-corrected chi connectivity index (χ3v) is 11.9. The predicted octanol–water partition coefficient (Wildman–Crippen LogP) is 3.72. The Balaban J connectivity index is 2.73. The molecule has 0 aliphatic heterocycles. The molecule has 1 rings (SSSR count). The molecule has 0 spiro atoms. The lowest BCUT2D eigenvalue weighted by molar-refractivity contribution is 0.263. The van der Waals surface area contributed by atoms with Crippen molar-refractivity contribution in [3.8, 4) is 0 Å². The lowest BCUT2D eigenvalue weighted by atomic mass is 10.1. The van der Waals surface area contributed by atoms with E-state index < -0.39 is 18.3 Å². The van der Waals surface area contributed by atoms with Gasteiger partial charge < -0.3 is 9.53 Å². The average molecular weight is 452 g/mol. The van der Waals surface area contributed by atoms with E-state index in [2.05, 4.69) is 49.8 Å². The van der Waals surface area contributed by atoms with E-state index in [1.54, 1.807) is 25.2 Å². The Kier molecular flexibility index (Phi) is 7.86. The first-order valence-electron chi connectivity index (χ1n) is 8.26. The molecular weight excluding hydrogens is 422 g/mol. The van der Waals surface area contributed by atoms with Gasteiger partial charge in [0.05, 0.1) is 12.4 Å². The maximum Gasteiger partial charge on any atom is 0.218 e.